The van der Waals surface area contributed by atoms with E-state index in [-0.39, 0.29) is 39.2 Å². The lowest BCUT2D eigenvalue weighted by atomic mass is 9.90. The first kappa shape index (κ1) is 34.3. The number of phenols is 1. The van der Waals surface area contributed by atoms with Gasteiger partial charge in [-0.05, 0) is 53.3 Å². The molecule has 4 aromatic rings. The number of carboxylic acid groups (broad SMARTS) is 1. The number of pyridine rings is 1. The Balaban J connectivity index is 1.43. The molecule has 2 aliphatic rings. The molecule has 3 N–H and O–H groups in total. The molecule has 0 saturated heterocycles. The van der Waals surface area contributed by atoms with Crippen molar-refractivity contribution in [3.63, 3.8) is 0 Å². The molecule has 2 heterocycles. The van der Waals surface area contributed by atoms with Crippen molar-refractivity contribution in [1.82, 2.24) is 9.88 Å². The maximum Gasteiger partial charge on any atom is 0.336 e. The molecule has 8 nitrogen and oxygen atoms in total. The van der Waals surface area contributed by atoms with Crippen molar-refractivity contribution in [3.8, 4) is 28.2 Å². The van der Waals surface area contributed by atoms with Gasteiger partial charge in [0.15, 0.2) is 0 Å². The SMILES string of the molecule is CCSCCN(Cc1ccccn1)Cc1ccccc1NCc1c(O)c(Cl)cc2c(-c3ccccc3C(=O)O)c3cc(Cl)c(=O)cc-3oc12. The molecule has 250 valence electrons. The number of nitrogens with one attached hydrogen (secondary N) is 1. The third kappa shape index (κ3) is 7.55. The number of nitrogens with zero attached hydrogens (tertiary/aromatic N) is 2. The summed E-state index contributed by atoms with van der Waals surface area (Å²) in [5.74, 6) is 0.901. The van der Waals surface area contributed by atoms with E-state index in [4.69, 9.17) is 27.6 Å². The molecule has 6 rings (SSSR count). The van der Waals surface area contributed by atoms with E-state index >= 15 is 0 Å². The molecule has 49 heavy (non-hydrogen) atoms. The van der Waals surface area contributed by atoms with Gasteiger partial charge in [-0.2, -0.15) is 11.8 Å². The molecule has 11 heteroatoms. The summed E-state index contributed by atoms with van der Waals surface area (Å²) >= 11 is 14.8. The molecule has 0 amide bonds. The Bertz CT molecular complexity index is 2160. The van der Waals surface area contributed by atoms with Gasteiger partial charge in [0.1, 0.15) is 17.1 Å². The molecule has 1 aliphatic heterocycles. The van der Waals surface area contributed by atoms with Crippen LogP contribution >= 0.6 is 35.0 Å². The van der Waals surface area contributed by atoms with E-state index in [0.717, 1.165) is 35.0 Å². The number of benzene rings is 4. The summed E-state index contributed by atoms with van der Waals surface area (Å²) < 4.78 is 6.33. The summed E-state index contributed by atoms with van der Waals surface area (Å²) in [4.78, 5) is 31.9. The number of aromatic carboxylic acids is 1. The van der Waals surface area contributed by atoms with Gasteiger partial charge in [-0.15, -0.1) is 0 Å². The Labute approximate surface area is 297 Å². The van der Waals surface area contributed by atoms with Gasteiger partial charge in [-0.25, -0.2) is 4.79 Å². The Morgan fingerprint density at radius 1 is 0.959 bits per heavy atom. The van der Waals surface area contributed by atoms with Gasteiger partial charge in [-0.1, -0.05) is 72.6 Å². The zero-order valence-electron chi connectivity index (χ0n) is 26.6. The predicted molar refractivity (Wildman–Crippen MR) is 198 cm³/mol. The van der Waals surface area contributed by atoms with Crippen LogP contribution in [0.15, 0.2) is 100 Å². The van der Waals surface area contributed by atoms with Crippen molar-refractivity contribution < 1.29 is 19.4 Å². The number of aromatic nitrogens is 1. The molecule has 0 saturated carbocycles. The van der Waals surface area contributed by atoms with Crippen molar-refractivity contribution in [3.05, 3.63) is 134 Å². The highest BCUT2D eigenvalue weighted by molar-refractivity contribution is 7.99. The summed E-state index contributed by atoms with van der Waals surface area (Å²) in [7, 11) is 0. The number of thioether (sulfide) groups is 1. The van der Waals surface area contributed by atoms with Crippen molar-refractivity contribution in [2.24, 2.45) is 0 Å². The number of para-hydroxylation sites is 1. The Hall–Kier alpha value is -4.54. The minimum Gasteiger partial charge on any atom is -0.506 e. The number of carbonyl (C=O) groups is 1. The molecule has 3 aromatic carbocycles. The summed E-state index contributed by atoms with van der Waals surface area (Å²) in [6.07, 6.45) is 1.80. The second-order valence-corrected chi connectivity index (χ2v) is 13.6. The van der Waals surface area contributed by atoms with E-state index < -0.39 is 11.4 Å². The normalized spacial score (nSPS) is 11.4. The van der Waals surface area contributed by atoms with Crippen molar-refractivity contribution in [1.29, 1.82) is 0 Å². The van der Waals surface area contributed by atoms with Gasteiger partial charge in [0.25, 0.3) is 0 Å². The Morgan fingerprint density at radius 2 is 1.73 bits per heavy atom. The monoisotopic (exact) mass is 713 g/mol. The van der Waals surface area contributed by atoms with Crippen molar-refractivity contribution >= 4 is 57.6 Å². The first-order valence-electron chi connectivity index (χ1n) is 15.7. The van der Waals surface area contributed by atoms with E-state index in [0.29, 0.717) is 40.7 Å². The molecule has 0 spiro atoms. The van der Waals surface area contributed by atoms with Crippen molar-refractivity contribution in [2.45, 2.75) is 26.6 Å². The first-order valence-corrected chi connectivity index (χ1v) is 17.6. The zero-order valence-corrected chi connectivity index (χ0v) is 28.9. The molecular formula is C38H33Cl2N3O5S. The summed E-state index contributed by atoms with van der Waals surface area (Å²) in [5.41, 5.74) is 4.38. The van der Waals surface area contributed by atoms with Crippen LogP contribution in [-0.2, 0) is 19.6 Å². The fourth-order valence-electron chi connectivity index (χ4n) is 5.92. The summed E-state index contributed by atoms with van der Waals surface area (Å²) in [5, 5.41) is 25.4. The Morgan fingerprint density at radius 3 is 2.51 bits per heavy atom. The number of hydrogen-bond acceptors (Lipinski definition) is 8. The predicted octanol–water partition coefficient (Wildman–Crippen LogP) is 9.04. The fraction of sp³-hybridized carbons (Fsp3) is 0.184. The first-order chi connectivity index (χ1) is 23.7. The number of hydrogen-bond donors (Lipinski definition) is 3. The van der Waals surface area contributed by atoms with Gasteiger partial charge in [0.05, 0.1) is 26.9 Å². The van der Waals surface area contributed by atoms with E-state index in [1.807, 2.05) is 48.2 Å². The standard InChI is InChI=1S/C38H33Cl2N3O5S/c1-2-49-16-15-43(22-24-10-7-8-14-41-24)21-23-9-3-6-13-32(23)42-20-29-36(45)31(40)18-28-35(25-11-4-5-12-26(25)38(46)47)27-17-30(39)33(44)19-34(27)48-37(28)29/h3-14,17-19,42,45H,2,15-16,20-22H2,1H3,(H,46,47). The number of carboxylic acids is 1. The molecule has 0 radical (unpaired) electrons. The third-order valence-corrected chi connectivity index (χ3v) is 9.71. The molecule has 0 unspecified atom stereocenters. The second kappa shape index (κ2) is 15.3. The van der Waals surface area contributed by atoms with Gasteiger partial charge in [-0.3, -0.25) is 14.7 Å². The smallest absolute Gasteiger partial charge is 0.336 e. The fourth-order valence-corrected chi connectivity index (χ4v) is 6.98. The molecular weight excluding hydrogens is 681 g/mol. The minimum absolute atomic E-state index is 0.0372. The van der Waals surface area contributed by atoms with Crippen LogP contribution in [0.2, 0.25) is 10.0 Å². The highest BCUT2D eigenvalue weighted by atomic mass is 35.5. The number of halogens is 2. The van der Waals surface area contributed by atoms with Crippen LogP contribution in [0.5, 0.6) is 5.75 Å². The highest BCUT2D eigenvalue weighted by Crippen LogP contribution is 2.46. The van der Waals surface area contributed by atoms with Crippen molar-refractivity contribution in [2.75, 3.05) is 23.4 Å². The van der Waals surface area contributed by atoms with E-state index in [1.165, 1.54) is 18.2 Å². The van der Waals surface area contributed by atoms with Crippen LogP contribution in [0.1, 0.15) is 34.1 Å². The zero-order chi connectivity index (χ0) is 34.5. The molecule has 1 aliphatic carbocycles. The van der Waals surface area contributed by atoms with Crippen LogP contribution in [0.25, 0.3) is 33.4 Å². The molecule has 0 fully saturated rings. The highest BCUT2D eigenvalue weighted by Gasteiger charge is 2.26. The molecule has 0 bridgehead atoms. The number of rotatable bonds is 13. The summed E-state index contributed by atoms with van der Waals surface area (Å²) in [6.45, 7) is 4.49. The Kier molecular flexibility index (Phi) is 10.7. The third-order valence-electron chi connectivity index (χ3n) is 8.25. The molecule has 1 aromatic heterocycles. The van der Waals surface area contributed by atoms with Gasteiger partial charge >= 0.3 is 5.97 Å². The average Bonchev–Trinajstić information content (AvgIpc) is 3.09. The summed E-state index contributed by atoms with van der Waals surface area (Å²) in [6, 6.07) is 24.7. The minimum atomic E-state index is -1.13. The number of anilines is 1. The van der Waals surface area contributed by atoms with Gasteiger partial charge in [0.2, 0.25) is 5.43 Å². The van der Waals surface area contributed by atoms with E-state index in [9.17, 15) is 19.8 Å². The maximum absolute atomic E-state index is 12.7. The van der Waals surface area contributed by atoms with Crippen LogP contribution in [-0.4, -0.2) is 44.1 Å². The lowest BCUT2D eigenvalue weighted by Crippen LogP contribution is -2.26. The number of phenolic OH excluding ortho intramolecular Hbond substituents is 1. The molecule has 0 atom stereocenters. The lowest BCUT2D eigenvalue weighted by Gasteiger charge is -2.24. The van der Waals surface area contributed by atoms with Crippen LogP contribution in [0, 0.1) is 0 Å². The topological polar surface area (TPSA) is 116 Å². The van der Waals surface area contributed by atoms with Crippen LogP contribution in [0.4, 0.5) is 5.69 Å². The van der Waals surface area contributed by atoms with E-state index in [2.05, 4.69) is 28.2 Å². The average molecular weight is 715 g/mol. The van der Waals surface area contributed by atoms with E-state index in [1.54, 1.807) is 30.5 Å². The number of aromatic hydroxyl groups is 1. The second-order valence-electron chi connectivity index (χ2n) is 11.4. The van der Waals surface area contributed by atoms with Crippen LogP contribution in [0.3, 0.4) is 0 Å². The van der Waals surface area contributed by atoms with Crippen LogP contribution < -0.4 is 10.7 Å². The quantitative estimate of drug-likeness (QED) is 0.0796. The maximum atomic E-state index is 12.7. The van der Waals surface area contributed by atoms with Gasteiger partial charge in [0, 0.05) is 66.4 Å². The number of fused-ring (bicyclic) bond motifs is 2. The lowest BCUT2D eigenvalue weighted by molar-refractivity contribution is 0.0697. The largest absolute Gasteiger partial charge is 0.506 e. The van der Waals surface area contributed by atoms with Gasteiger partial charge < -0.3 is 19.9 Å².